The molecule has 0 unspecified atom stereocenters. The molecule has 1 aromatic rings. The van der Waals surface area contributed by atoms with Gasteiger partial charge in [0.15, 0.2) is 0 Å². The van der Waals surface area contributed by atoms with Crippen LogP contribution in [0.3, 0.4) is 0 Å². The predicted molar refractivity (Wildman–Crippen MR) is 71.2 cm³/mol. The van der Waals surface area contributed by atoms with Crippen LogP contribution in [0.4, 0.5) is 0 Å². The Hall–Kier alpha value is -0.740. The molecule has 1 aliphatic rings. The summed E-state index contributed by atoms with van der Waals surface area (Å²) in [5, 5.41) is 0.146. The van der Waals surface area contributed by atoms with Crippen molar-refractivity contribution in [3.8, 4) is 0 Å². The lowest BCUT2D eigenvalue weighted by Gasteiger charge is -2.37. The molecular weight excluding hydrogens is 232 g/mol. The van der Waals surface area contributed by atoms with E-state index in [1.54, 1.807) is 6.26 Å². The molecule has 0 aromatic carbocycles. The average Bonchev–Trinajstić information content (AvgIpc) is 2.28. The Bertz CT molecular complexity index is 384. The number of nitrogens with two attached hydrogens (primary N) is 1. The highest BCUT2D eigenvalue weighted by atomic mass is 32.2. The Kier molecular flexibility index (Phi) is 3.94. The Balaban J connectivity index is 2.14. The summed E-state index contributed by atoms with van der Waals surface area (Å²) in [6.45, 7) is 2.17. The van der Waals surface area contributed by atoms with Gasteiger partial charge in [-0.05, 0) is 42.4 Å². The molecule has 94 valence electrons. The molecule has 1 heterocycles. The van der Waals surface area contributed by atoms with E-state index in [2.05, 4.69) is 24.0 Å². The monoisotopic (exact) mass is 252 g/mol. The topological polar surface area (TPSA) is 56.0 Å². The first kappa shape index (κ1) is 12.7. The standard InChI is InChI=1S/C13H20N2OS/c1-9-7-11(10-3-5-15-6-4-10)8-12(14)13(9)17(2)16/h3-6,9,11-13H,7-8,14H2,1-2H3/t9-,11+,12+,13-,17+/m0/s1. The average molecular weight is 252 g/mol. The van der Waals surface area contributed by atoms with Crippen LogP contribution in [-0.4, -0.2) is 26.7 Å². The minimum absolute atomic E-state index is 0.0442. The van der Waals surface area contributed by atoms with E-state index in [-0.39, 0.29) is 11.3 Å². The third-order valence-corrected chi connectivity index (χ3v) is 5.34. The molecular formula is C13H20N2OS. The van der Waals surface area contributed by atoms with E-state index in [9.17, 15) is 4.21 Å². The molecule has 5 atom stereocenters. The third kappa shape index (κ3) is 2.75. The summed E-state index contributed by atoms with van der Waals surface area (Å²) in [5.74, 6) is 0.908. The molecule has 4 heteroatoms. The molecule has 2 N–H and O–H groups in total. The number of aromatic nitrogens is 1. The van der Waals surface area contributed by atoms with Crippen molar-refractivity contribution in [1.29, 1.82) is 0 Å². The van der Waals surface area contributed by atoms with Crippen LogP contribution in [0.5, 0.6) is 0 Å². The molecule has 1 aliphatic carbocycles. The molecule has 0 spiro atoms. The number of hydrogen-bond donors (Lipinski definition) is 1. The van der Waals surface area contributed by atoms with E-state index in [1.807, 2.05) is 12.4 Å². The van der Waals surface area contributed by atoms with Gasteiger partial charge < -0.3 is 5.73 Å². The second-order valence-corrected chi connectivity index (χ2v) is 6.59. The van der Waals surface area contributed by atoms with E-state index in [4.69, 9.17) is 5.73 Å². The minimum Gasteiger partial charge on any atom is -0.327 e. The SMILES string of the molecule is C[C@H]1C[C@@H](c2ccncc2)C[C@@H](N)[C@H]1[S@@](C)=O. The van der Waals surface area contributed by atoms with Gasteiger partial charge in [0.05, 0.1) is 5.25 Å². The van der Waals surface area contributed by atoms with Crippen molar-refractivity contribution in [3.05, 3.63) is 30.1 Å². The highest BCUT2D eigenvalue weighted by Gasteiger charge is 2.36. The van der Waals surface area contributed by atoms with Crippen molar-refractivity contribution in [2.75, 3.05) is 6.26 Å². The van der Waals surface area contributed by atoms with E-state index < -0.39 is 10.8 Å². The van der Waals surface area contributed by atoms with Crippen molar-refractivity contribution < 1.29 is 4.21 Å². The normalized spacial score (nSPS) is 35.5. The van der Waals surface area contributed by atoms with Gasteiger partial charge in [-0.15, -0.1) is 0 Å². The van der Waals surface area contributed by atoms with Gasteiger partial charge >= 0.3 is 0 Å². The van der Waals surface area contributed by atoms with Crippen molar-refractivity contribution in [2.45, 2.75) is 37.0 Å². The molecule has 3 nitrogen and oxygen atoms in total. The predicted octanol–water partition coefficient (Wildman–Crippen LogP) is 1.67. The largest absolute Gasteiger partial charge is 0.327 e. The number of rotatable bonds is 2. The first-order chi connectivity index (χ1) is 8.09. The zero-order chi connectivity index (χ0) is 12.4. The number of pyridine rings is 1. The Morgan fingerprint density at radius 1 is 1.35 bits per heavy atom. The summed E-state index contributed by atoms with van der Waals surface area (Å²) in [4.78, 5) is 4.04. The van der Waals surface area contributed by atoms with E-state index >= 15 is 0 Å². The van der Waals surface area contributed by atoms with Crippen LogP contribution < -0.4 is 5.73 Å². The fourth-order valence-electron chi connectivity index (χ4n) is 3.04. The molecule has 0 saturated heterocycles. The van der Waals surface area contributed by atoms with Crippen molar-refractivity contribution in [2.24, 2.45) is 11.7 Å². The van der Waals surface area contributed by atoms with Crippen molar-refractivity contribution in [3.63, 3.8) is 0 Å². The first-order valence-electron chi connectivity index (χ1n) is 6.07. The molecule has 2 rings (SSSR count). The zero-order valence-electron chi connectivity index (χ0n) is 10.4. The van der Waals surface area contributed by atoms with Gasteiger partial charge in [0.2, 0.25) is 0 Å². The van der Waals surface area contributed by atoms with Gasteiger partial charge in [-0.25, -0.2) is 0 Å². The Morgan fingerprint density at radius 3 is 2.53 bits per heavy atom. The van der Waals surface area contributed by atoms with Crippen molar-refractivity contribution in [1.82, 2.24) is 4.98 Å². The van der Waals surface area contributed by atoms with Crippen LogP contribution in [0.25, 0.3) is 0 Å². The fourth-order valence-corrected chi connectivity index (χ4v) is 4.41. The lowest BCUT2D eigenvalue weighted by atomic mass is 9.76. The molecule has 1 fully saturated rings. The highest BCUT2D eigenvalue weighted by molar-refractivity contribution is 7.85. The highest BCUT2D eigenvalue weighted by Crippen LogP contribution is 2.37. The first-order valence-corrected chi connectivity index (χ1v) is 7.69. The summed E-state index contributed by atoms with van der Waals surface area (Å²) in [5.41, 5.74) is 7.50. The summed E-state index contributed by atoms with van der Waals surface area (Å²) in [6, 6.07) is 4.17. The molecule has 0 aliphatic heterocycles. The Labute approximate surface area is 105 Å². The van der Waals surface area contributed by atoms with Crippen molar-refractivity contribution >= 4 is 10.8 Å². The maximum atomic E-state index is 11.7. The summed E-state index contributed by atoms with van der Waals surface area (Å²) in [7, 11) is -0.821. The van der Waals surface area contributed by atoms with Crippen LogP contribution >= 0.6 is 0 Å². The van der Waals surface area contributed by atoms with Gasteiger partial charge in [0, 0.05) is 35.5 Å². The lowest BCUT2D eigenvalue weighted by molar-refractivity contribution is 0.315. The lowest BCUT2D eigenvalue weighted by Crippen LogP contribution is -2.46. The maximum Gasteiger partial charge on any atom is 0.0522 e. The minimum atomic E-state index is -0.821. The van der Waals surface area contributed by atoms with Gasteiger partial charge in [0.1, 0.15) is 0 Å². The number of hydrogen-bond acceptors (Lipinski definition) is 3. The van der Waals surface area contributed by atoms with Crippen LogP contribution in [0, 0.1) is 5.92 Å². The van der Waals surface area contributed by atoms with Gasteiger partial charge in [-0.2, -0.15) is 0 Å². The molecule has 1 saturated carbocycles. The van der Waals surface area contributed by atoms with Gasteiger partial charge in [-0.1, -0.05) is 6.92 Å². The maximum absolute atomic E-state index is 11.7. The van der Waals surface area contributed by atoms with Crippen LogP contribution in [-0.2, 0) is 10.8 Å². The molecule has 1 aromatic heterocycles. The summed E-state index contributed by atoms with van der Waals surface area (Å²) < 4.78 is 11.7. The van der Waals surface area contributed by atoms with Crippen LogP contribution in [0.1, 0.15) is 31.2 Å². The molecule has 0 amide bonds. The summed E-state index contributed by atoms with van der Waals surface area (Å²) >= 11 is 0. The van der Waals surface area contributed by atoms with Gasteiger partial charge in [-0.3, -0.25) is 9.19 Å². The third-order valence-electron chi connectivity index (χ3n) is 3.76. The van der Waals surface area contributed by atoms with Crippen LogP contribution in [0.2, 0.25) is 0 Å². The smallest absolute Gasteiger partial charge is 0.0522 e. The number of nitrogens with zero attached hydrogens (tertiary/aromatic N) is 1. The fraction of sp³-hybridized carbons (Fsp3) is 0.615. The Morgan fingerprint density at radius 2 is 2.00 bits per heavy atom. The van der Waals surface area contributed by atoms with E-state index in [1.165, 1.54) is 5.56 Å². The van der Waals surface area contributed by atoms with Gasteiger partial charge in [0.25, 0.3) is 0 Å². The second-order valence-electron chi connectivity index (χ2n) is 5.05. The van der Waals surface area contributed by atoms with Crippen LogP contribution in [0.15, 0.2) is 24.5 Å². The molecule has 0 bridgehead atoms. The second kappa shape index (κ2) is 5.27. The molecule has 17 heavy (non-hydrogen) atoms. The summed E-state index contributed by atoms with van der Waals surface area (Å²) in [6.07, 6.45) is 7.43. The van der Waals surface area contributed by atoms with E-state index in [0.29, 0.717) is 11.8 Å². The zero-order valence-corrected chi connectivity index (χ0v) is 11.2. The molecule has 0 radical (unpaired) electrons. The quantitative estimate of drug-likeness (QED) is 0.871. The van der Waals surface area contributed by atoms with E-state index in [0.717, 1.165) is 12.8 Å².